The summed E-state index contributed by atoms with van der Waals surface area (Å²) >= 11 is 0. The number of nitrogens with zero attached hydrogens (tertiary/aromatic N) is 2. The number of amides is 17. The molecule has 0 saturated carbocycles. The number of hydrogen-bond donors (Lipinski definition) is 21. The number of carbonyl (C=O) groups excluding carboxylic acids is 17. The molecule has 24 N–H and O–H groups in total. The Hall–Kier alpha value is -12.5. The third-order valence-corrected chi connectivity index (χ3v) is 19.5. The van der Waals surface area contributed by atoms with E-state index in [4.69, 9.17) is 22.6 Å². The molecule has 644 valence electrons. The number of aromatic nitrogens is 3. The van der Waals surface area contributed by atoms with Crippen molar-refractivity contribution in [1.82, 2.24) is 99.6 Å². The number of imidazole rings is 1. The summed E-state index contributed by atoms with van der Waals surface area (Å²) in [4.78, 5) is 245. The fraction of sp³-hybridized carbons (Fsp3) is 0.551. The van der Waals surface area contributed by atoms with Gasteiger partial charge in [-0.3, -0.25) is 86.9 Å². The van der Waals surface area contributed by atoms with Crippen molar-refractivity contribution in [2.24, 2.45) is 35.0 Å². The van der Waals surface area contributed by atoms with Crippen molar-refractivity contribution >= 4 is 117 Å². The van der Waals surface area contributed by atoms with Gasteiger partial charge in [0.2, 0.25) is 100 Å². The number of nitrogens with two attached hydrogens (primary N) is 3. The topological polar surface area (TPSA) is 620 Å². The van der Waals surface area contributed by atoms with E-state index in [1.807, 2.05) is 13.8 Å². The number of fused-ring (bicyclic) bond motifs is 1. The number of rotatable bonds is 48. The number of aromatic amines is 2. The van der Waals surface area contributed by atoms with Crippen molar-refractivity contribution in [3.8, 4) is 0 Å². The van der Waals surface area contributed by atoms with Crippen LogP contribution in [-0.4, -0.2) is 231 Å². The molecule has 0 aliphatic carbocycles. The summed E-state index contributed by atoms with van der Waals surface area (Å²) in [6.07, 6.45) is 3.47. The van der Waals surface area contributed by atoms with Gasteiger partial charge in [-0.05, 0) is 107 Å². The molecular weight excluding hydrogens is 1530 g/mol. The lowest BCUT2D eigenvalue weighted by Gasteiger charge is -2.29. The number of nitrogens with one attached hydrogen (secondary N) is 18. The number of guanidine groups is 1. The number of para-hydroxylation sites is 1. The van der Waals surface area contributed by atoms with E-state index in [0.29, 0.717) is 47.1 Å². The maximum absolute atomic E-state index is 14.8. The smallest absolute Gasteiger partial charge is 0.245 e. The standard InChI is InChI=1S/C78H115N23O17/c1-9-84-67(108)54(31-41(2)3)98-74(115)58(35-47-37-83-40-89-47)93-64(106)39-88-76(117)65(43(6)7)100-66(107)44(8)90-72(113)57(34-46-36-86-49-20-14-13-19-48(46)49)99-71(112)51(23-26-60(79)102)95-73(114)56(33-45-17-11-10-12-18-45)92-63(105)38-87-68(109)55(32-42(4)5)97-69(110)50(21-15-29-85-78(81)82)94-70(111)52(24-27-61(80)103)96-75(116)59-22-16-30-101(59)77(118)53-25-28-62(104)91-53/h10-14,17-20,36-37,40-44,50-59,65,86H,9,15-16,21-35,38-39H2,1-8H3,(H2,79,102)(H2,80,103)(H,83,89)(H,84,108)(H,87,109)(H,88,117)(H,90,113)(H,91,104)(H,92,105)(H,93,106)(H,94,111)(H,95,114)(H,96,116)(H,97,110)(H,98,115)(H,99,112)(H,100,107)(H4,81,82,85)/t44-,50-,51-,52-,53-,54-,55-,56+,57-,58-,59-,65-/m0/s1. The Morgan fingerprint density at radius 1 is 0.534 bits per heavy atom. The molecule has 0 bridgehead atoms. The minimum absolute atomic E-state index is 0.00896. The van der Waals surface area contributed by atoms with Gasteiger partial charge >= 0.3 is 0 Å². The molecule has 4 heterocycles. The molecule has 2 aliphatic heterocycles. The van der Waals surface area contributed by atoms with Crippen LogP contribution in [0.3, 0.4) is 0 Å². The van der Waals surface area contributed by atoms with Crippen LogP contribution in [0.15, 0.2) is 73.3 Å². The first-order chi connectivity index (χ1) is 56.0. The molecule has 6 rings (SSSR count). The van der Waals surface area contributed by atoms with Crippen LogP contribution in [0.4, 0.5) is 0 Å². The molecule has 2 aromatic carbocycles. The van der Waals surface area contributed by atoms with Crippen LogP contribution in [0.2, 0.25) is 0 Å². The van der Waals surface area contributed by atoms with Crippen molar-refractivity contribution in [2.45, 2.75) is 224 Å². The number of carbonyl (C=O) groups is 17. The second kappa shape index (κ2) is 46.9. The van der Waals surface area contributed by atoms with E-state index in [9.17, 15) is 81.5 Å². The van der Waals surface area contributed by atoms with E-state index in [2.05, 4.69) is 94.7 Å². The van der Waals surface area contributed by atoms with E-state index in [0.717, 1.165) is 0 Å². The molecular formula is C78H115N23O17. The second-order valence-corrected chi connectivity index (χ2v) is 30.5. The average molecular weight is 1650 g/mol. The van der Waals surface area contributed by atoms with Crippen LogP contribution >= 0.6 is 0 Å². The summed E-state index contributed by atoms with van der Waals surface area (Å²) in [5, 5.41) is 47.4. The quantitative estimate of drug-likeness (QED) is 0.0114. The minimum Gasteiger partial charge on any atom is -0.370 e. The van der Waals surface area contributed by atoms with Crippen LogP contribution in [0.25, 0.3) is 10.9 Å². The summed E-state index contributed by atoms with van der Waals surface area (Å²) in [7, 11) is 0. The molecule has 40 heteroatoms. The van der Waals surface area contributed by atoms with Gasteiger partial charge in [0.05, 0.1) is 19.4 Å². The van der Waals surface area contributed by atoms with E-state index in [-0.39, 0.29) is 95.0 Å². The first-order valence-electron chi connectivity index (χ1n) is 39.7. The molecule has 12 atom stereocenters. The summed E-state index contributed by atoms with van der Waals surface area (Å²) in [5.41, 5.74) is 18.7. The number of likely N-dealkylation sites (N-methyl/N-ethyl adjacent to an activating group) is 1. The Bertz CT molecular complexity index is 4190. The van der Waals surface area contributed by atoms with Gasteiger partial charge in [0, 0.05) is 87.1 Å². The molecule has 0 radical (unpaired) electrons. The lowest BCUT2D eigenvalue weighted by atomic mass is 10.0. The minimum atomic E-state index is -1.66. The lowest BCUT2D eigenvalue weighted by Crippen LogP contribution is -2.60. The van der Waals surface area contributed by atoms with Crippen LogP contribution in [-0.2, 0) is 101 Å². The Kier molecular flexibility index (Phi) is 37.4. The number of hydrogen-bond acceptors (Lipinski definition) is 19. The van der Waals surface area contributed by atoms with Gasteiger partial charge in [0.15, 0.2) is 5.96 Å². The fourth-order valence-corrected chi connectivity index (χ4v) is 13.4. The molecule has 0 spiro atoms. The maximum Gasteiger partial charge on any atom is 0.245 e. The number of benzene rings is 2. The normalized spacial score (nSPS) is 16.3. The van der Waals surface area contributed by atoms with Crippen LogP contribution in [0.1, 0.15) is 149 Å². The highest BCUT2D eigenvalue weighted by atomic mass is 16.2. The molecule has 2 aromatic heterocycles. The maximum atomic E-state index is 14.8. The van der Waals surface area contributed by atoms with Crippen LogP contribution in [0, 0.1) is 23.2 Å². The molecule has 4 aromatic rings. The number of likely N-dealkylation sites (tertiary alicyclic amines) is 1. The Balaban J connectivity index is 1.15. The fourth-order valence-electron chi connectivity index (χ4n) is 13.4. The highest BCUT2D eigenvalue weighted by Crippen LogP contribution is 2.23. The predicted octanol–water partition coefficient (Wildman–Crippen LogP) is -4.03. The zero-order chi connectivity index (χ0) is 86.9. The molecule has 2 aliphatic rings. The van der Waals surface area contributed by atoms with E-state index in [1.165, 1.54) is 24.3 Å². The SMILES string of the molecule is CCNC(=O)[C@H](CC(C)C)NC(=O)[C@H](Cc1cnc[nH]1)NC(=O)CNC(=O)[C@@H](NC(=O)[C@H](C)NC(=O)[C@H](Cc1c[nH]c2ccccc12)NC(=O)[C@H](CCC(N)=O)NC(=O)[C@@H](Cc1ccccc1)NC(=O)CNC(=O)[C@H](CC(C)C)NC(=O)[C@H](CCCNC(=N)N)NC(=O)[C@H](CCC(N)=O)NC(=O)[C@@H]1CCCN1C(=O)[C@@H]1CCC(=O)N1)C(C)C. The first-order valence-corrected chi connectivity index (χ1v) is 39.7. The van der Waals surface area contributed by atoms with Gasteiger partial charge in [0.1, 0.15) is 72.5 Å². The molecule has 40 nitrogen and oxygen atoms in total. The highest BCUT2D eigenvalue weighted by molar-refractivity contribution is 6.01. The molecule has 0 unspecified atom stereocenters. The third kappa shape index (κ3) is 30.9. The van der Waals surface area contributed by atoms with Gasteiger partial charge in [0.25, 0.3) is 0 Å². The van der Waals surface area contributed by atoms with Gasteiger partial charge in [-0.1, -0.05) is 90.1 Å². The van der Waals surface area contributed by atoms with E-state index in [1.54, 1.807) is 95.4 Å². The van der Waals surface area contributed by atoms with Crippen LogP contribution < -0.4 is 97.0 Å². The molecule has 2 saturated heterocycles. The molecule has 118 heavy (non-hydrogen) atoms. The van der Waals surface area contributed by atoms with Crippen molar-refractivity contribution in [3.05, 3.63) is 90.1 Å². The van der Waals surface area contributed by atoms with Gasteiger partial charge < -0.3 is 112 Å². The lowest BCUT2D eigenvalue weighted by molar-refractivity contribution is -0.141. The monoisotopic (exact) mass is 1650 g/mol. The predicted molar refractivity (Wildman–Crippen MR) is 430 cm³/mol. The third-order valence-electron chi connectivity index (χ3n) is 19.5. The van der Waals surface area contributed by atoms with Crippen molar-refractivity contribution < 1.29 is 81.5 Å². The zero-order valence-corrected chi connectivity index (χ0v) is 67.8. The number of primary amides is 2. The Morgan fingerprint density at radius 3 is 1.59 bits per heavy atom. The van der Waals surface area contributed by atoms with Gasteiger partial charge in [-0.2, -0.15) is 0 Å². The second-order valence-electron chi connectivity index (χ2n) is 30.5. The summed E-state index contributed by atoms with van der Waals surface area (Å²) < 4.78 is 0. The van der Waals surface area contributed by atoms with Gasteiger partial charge in [-0.15, -0.1) is 0 Å². The van der Waals surface area contributed by atoms with Crippen molar-refractivity contribution in [1.29, 1.82) is 5.41 Å². The van der Waals surface area contributed by atoms with E-state index < -0.39 is 211 Å². The average Bonchev–Trinajstić information content (AvgIpc) is 1.66. The summed E-state index contributed by atoms with van der Waals surface area (Å²) in [6.45, 7) is 12.6. The van der Waals surface area contributed by atoms with Crippen molar-refractivity contribution in [3.63, 3.8) is 0 Å². The molecule has 17 amide bonds. The van der Waals surface area contributed by atoms with Crippen molar-refractivity contribution in [2.75, 3.05) is 32.7 Å². The zero-order valence-electron chi connectivity index (χ0n) is 67.8. The largest absolute Gasteiger partial charge is 0.370 e. The van der Waals surface area contributed by atoms with E-state index >= 15 is 0 Å². The molecule has 2 fully saturated rings. The first kappa shape index (κ1) is 94.3. The summed E-state index contributed by atoms with van der Waals surface area (Å²) in [6, 6.07) is -0.498. The van der Waals surface area contributed by atoms with Crippen LogP contribution in [0.5, 0.6) is 0 Å². The Morgan fingerprint density at radius 2 is 1.05 bits per heavy atom. The Labute approximate surface area is 683 Å². The number of H-pyrrole nitrogens is 2. The highest BCUT2D eigenvalue weighted by Gasteiger charge is 2.42. The van der Waals surface area contributed by atoms with Gasteiger partial charge in [-0.25, -0.2) is 4.98 Å². The summed E-state index contributed by atoms with van der Waals surface area (Å²) in [5.74, 6) is -14.7.